The maximum Gasteiger partial charge on any atom is 0.280 e. The molecule has 2 N–H and O–H groups in total. The second kappa shape index (κ2) is 5.96. The number of fused-ring (bicyclic) bond motifs is 1. The normalized spacial score (nSPS) is 10.8. The molecule has 0 aliphatic carbocycles. The van der Waals surface area contributed by atoms with Gasteiger partial charge in [-0.15, -0.1) is 5.10 Å². The van der Waals surface area contributed by atoms with Gasteiger partial charge in [0.15, 0.2) is 5.69 Å². The van der Waals surface area contributed by atoms with Gasteiger partial charge in [0.25, 0.3) is 5.91 Å². The van der Waals surface area contributed by atoms with E-state index < -0.39 is 0 Å². The van der Waals surface area contributed by atoms with Crippen molar-refractivity contribution < 1.29 is 4.79 Å². The molecule has 1 amide bonds. The minimum absolute atomic E-state index is 0.242. The van der Waals surface area contributed by atoms with E-state index in [0.29, 0.717) is 12.5 Å². The van der Waals surface area contributed by atoms with E-state index in [9.17, 15) is 4.79 Å². The Morgan fingerprint density at radius 1 is 1.08 bits per heavy atom. The van der Waals surface area contributed by atoms with Crippen molar-refractivity contribution in [3.63, 3.8) is 0 Å². The van der Waals surface area contributed by atoms with Crippen molar-refractivity contribution in [1.82, 2.24) is 25.0 Å². The Morgan fingerprint density at radius 2 is 1.88 bits per heavy atom. The lowest BCUT2D eigenvalue weighted by molar-refractivity contribution is 0.102. The van der Waals surface area contributed by atoms with Gasteiger partial charge in [-0.05, 0) is 17.7 Å². The number of nitrogens with one attached hydrogen (secondary N) is 2. The highest BCUT2D eigenvalue weighted by Gasteiger charge is 2.13. The van der Waals surface area contributed by atoms with E-state index in [4.69, 9.17) is 0 Å². The number of nitrogens with zero attached hydrogens (tertiary/aromatic N) is 4. The quantitative estimate of drug-likeness (QED) is 0.605. The van der Waals surface area contributed by atoms with Gasteiger partial charge in [0, 0.05) is 0 Å². The lowest BCUT2D eigenvalue weighted by Crippen LogP contribution is -2.13. The zero-order chi connectivity index (χ0) is 16.4. The molecule has 0 bridgehead atoms. The number of para-hydroxylation sites is 2. The second-order valence-corrected chi connectivity index (χ2v) is 5.34. The van der Waals surface area contributed by atoms with Crippen LogP contribution in [-0.2, 0) is 6.54 Å². The van der Waals surface area contributed by atoms with Crippen molar-refractivity contribution in [2.45, 2.75) is 6.54 Å². The Bertz CT molecular complexity index is 955. The van der Waals surface area contributed by atoms with Crippen LogP contribution in [0, 0.1) is 0 Å². The molecule has 0 saturated carbocycles. The van der Waals surface area contributed by atoms with Gasteiger partial charge in [0.2, 0.25) is 5.95 Å². The number of rotatable bonds is 4. The van der Waals surface area contributed by atoms with Crippen molar-refractivity contribution in [3.8, 4) is 0 Å². The molecule has 7 nitrogen and oxygen atoms in total. The first kappa shape index (κ1) is 14.1. The fourth-order valence-electron chi connectivity index (χ4n) is 2.43. The average molecular weight is 318 g/mol. The summed E-state index contributed by atoms with van der Waals surface area (Å²) in [7, 11) is 0. The van der Waals surface area contributed by atoms with E-state index >= 15 is 0 Å². The summed E-state index contributed by atoms with van der Waals surface area (Å²) >= 11 is 0. The SMILES string of the molecule is O=C(Nc1nc2ccccc2[nH]1)c1cn(Cc2ccccc2)nn1. The number of imidazole rings is 1. The molecule has 0 aliphatic heterocycles. The van der Waals surface area contributed by atoms with E-state index in [2.05, 4.69) is 25.6 Å². The molecule has 0 saturated heterocycles. The smallest absolute Gasteiger partial charge is 0.280 e. The Morgan fingerprint density at radius 3 is 2.71 bits per heavy atom. The lowest BCUT2D eigenvalue weighted by atomic mass is 10.2. The molecule has 118 valence electrons. The molecule has 4 rings (SSSR count). The van der Waals surface area contributed by atoms with E-state index in [0.717, 1.165) is 16.6 Å². The van der Waals surface area contributed by atoms with E-state index in [1.165, 1.54) is 0 Å². The number of aromatic nitrogens is 5. The Labute approximate surface area is 137 Å². The number of hydrogen-bond acceptors (Lipinski definition) is 4. The molecule has 2 heterocycles. The highest BCUT2D eigenvalue weighted by molar-refractivity contribution is 6.02. The van der Waals surface area contributed by atoms with Crippen LogP contribution >= 0.6 is 0 Å². The van der Waals surface area contributed by atoms with Crippen LogP contribution in [0.2, 0.25) is 0 Å². The van der Waals surface area contributed by atoms with Gasteiger partial charge in [0.05, 0.1) is 23.8 Å². The first-order chi connectivity index (χ1) is 11.8. The van der Waals surface area contributed by atoms with Gasteiger partial charge < -0.3 is 4.98 Å². The van der Waals surface area contributed by atoms with Gasteiger partial charge in [-0.1, -0.05) is 47.7 Å². The number of aromatic amines is 1. The Kier molecular flexibility index (Phi) is 3.51. The standard InChI is InChI=1S/C17H14N6O/c24-16(20-17-18-13-8-4-5-9-14(13)19-17)15-11-23(22-21-15)10-12-6-2-1-3-7-12/h1-9,11H,10H2,(H2,18,19,20,24). The van der Waals surface area contributed by atoms with Crippen LogP contribution in [0.5, 0.6) is 0 Å². The topological polar surface area (TPSA) is 88.5 Å². The number of H-pyrrole nitrogens is 1. The summed E-state index contributed by atoms with van der Waals surface area (Å²) < 4.78 is 1.63. The van der Waals surface area contributed by atoms with Crippen LogP contribution < -0.4 is 5.32 Å². The number of benzene rings is 2. The van der Waals surface area contributed by atoms with Crippen LogP contribution in [0.25, 0.3) is 11.0 Å². The monoisotopic (exact) mass is 318 g/mol. The molecule has 7 heteroatoms. The molecule has 0 fully saturated rings. The maximum atomic E-state index is 12.3. The maximum absolute atomic E-state index is 12.3. The van der Waals surface area contributed by atoms with E-state index in [1.807, 2.05) is 54.6 Å². The summed E-state index contributed by atoms with van der Waals surface area (Å²) in [6.45, 7) is 0.561. The predicted octanol–water partition coefficient (Wildman–Crippen LogP) is 2.46. The zero-order valence-corrected chi connectivity index (χ0v) is 12.7. The van der Waals surface area contributed by atoms with Gasteiger partial charge in [-0.2, -0.15) is 0 Å². The molecule has 0 unspecified atom stereocenters. The number of carbonyl (C=O) groups is 1. The average Bonchev–Trinajstić information content (AvgIpc) is 3.22. The predicted molar refractivity (Wildman–Crippen MR) is 89.6 cm³/mol. The van der Waals surface area contributed by atoms with Crippen LogP contribution in [0.1, 0.15) is 16.1 Å². The molecular formula is C17H14N6O. The van der Waals surface area contributed by atoms with E-state index in [-0.39, 0.29) is 11.6 Å². The van der Waals surface area contributed by atoms with E-state index in [1.54, 1.807) is 10.9 Å². The van der Waals surface area contributed by atoms with Gasteiger partial charge >= 0.3 is 0 Å². The van der Waals surface area contributed by atoms with Crippen molar-refractivity contribution in [2.24, 2.45) is 0 Å². The van der Waals surface area contributed by atoms with Gasteiger partial charge in [0.1, 0.15) is 0 Å². The third-order valence-electron chi connectivity index (χ3n) is 3.58. The summed E-state index contributed by atoms with van der Waals surface area (Å²) in [5, 5.41) is 10.6. The Balaban J connectivity index is 1.48. The molecule has 2 aromatic carbocycles. The van der Waals surface area contributed by atoms with Gasteiger partial charge in [-0.25, -0.2) is 9.67 Å². The fourth-order valence-corrected chi connectivity index (χ4v) is 2.43. The molecule has 0 radical (unpaired) electrons. The fraction of sp³-hybridized carbons (Fsp3) is 0.0588. The highest BCUT2D eigenvalue weighted by atomic mass is 16.2. The zero-order valence-electron chi connectivity index (χ0n) is 12.7. The van der Waals surface area contributed by atoms with Crippen LogP contribution in [0.4, 0.5) is 5.95 Å². The molecule has 0 aliphatic rings. The summed E-state index contributed by atoms with van der Waals surface area (Å²) in [4.78, 5) is 19.6. The highest BCUT2D eigenvalue weighted by Crippen LogP contribution is 2.13. The second-order valence-electron chi connectivity index (χ2n) is 5.34. The molecular weight excluding hydrogens is 304 g/mol. The Hall–Kier alpha value is -3.48. The molecule has 24 heavy (non-hydrogen) atoms. The molecule has 0 atom stereocenters. The van der Waals surface area contributed by atoms with Crippen molar-refractivity contribution in [3.05, 3.63) is 72.1 Å². The first-order valence-corrected chi connectivity index (χ1v) is 7.48. The molecule has 4 aromatic rings. The van der Waals surface area contributed by atoms with Crippen LogP contribution in [-0.4, -0.2) is 30.9 Å². The van der Waals surface area contributed by atoms with Gasteiger partial charge in [-0.3, -0.25) is 10.1 Å². The molecule has 2 aromatic heterocycles. The minimum atomic E-state index is -0.353. The molecule has 0 spiro atoms. The number of anilines is 1. The number of amides is 1. The van der Waals surface area contributed by atoms with Crippen molar-refractivity contribution in [1.29, 1.82) is 0 Å². The van der Waals surface area contributed by atoms with Crippen LogP contribution in [0.3, 0.4) is 0 Å². The summed E-state index contributed by atoms with van der Waals surface area (Å²) in [5.74, 6) is 0.0344. The van der Waals surface area contributed by atoms with Crippen LogP contribution in [0.15, 0.2) is 60.8 Å². The van der Waals surface area contributed by atoms with Crippen molar-refractivity contribution in [2.75, 3.05) is 5.32 Å². The third-order valence-corrected chi connectivity index (χ3v) is 3.58. The lowest BCUT2D eigenvalue weighted by Gasteiger charge is -1.99. The third kappa shape index (κ3) is 2.87. The summed E-state index contributed by atoms with van der Waals surface area (Å²) in [6.07, 6.45) is 1.62. The largest absolute Gasteiger partial charge is 0.324 e. The minimum Gasteiger partial charge on any atom is -0.324 e. The summed E-state index contributed by atoms with van der Waals surface area (Å²) in [5.41, 5.74) is 2.99. The van der Waals surface area contributed by atoms with Crippen molar-refractivity contribution >= 4 is 22.9 Å². The number of carbonyl (C=O) groups excluding carboxylic acids is 1. The summed E-state index contributed by atoms with van der Waals surface area (Å²) in [6, 6.07) is 17.4. The first-order valence-electron chi connectivity index (χ1n) is 7.48. The number of hydrogen-bond donors (Lipinski definition) is 2.